The van der Waals surface area contributed by atoms with Gasteiger partial charge in [0.1, 0.15) is 0 Å². The molecule has 2 atom stereocenters. The molecule has 0 aromatic carbocycles. The van der Waals surface area contributed by atoms with Crippen LogP contribution in [0.25, 0.3) is 0 Å². The van der Waals surface area contributed by atoms with Crippen LogP contribution in [0.1, 0.15) is 66.2 Å². The Morgan fingerprint density at radius 2 is 2.00 bits per heavy atom. The van der Waals surface area contributed by atoms with Crippen molar-refractivity contribution in [1.29, 1.82) is 0 Å². The van der Waals surface area contributed by atoms with Crippen molar-refractivity contribution in [2.24, 2.45) is 5.92 Å². The first kappa shape index (κ1) is 16.0. The first-order valence-electron chi connectivity index (χ1n) is 8.11. The lowest BCUT2D eigenvalue weighted by Crippen LogP contribution is -2.44. The van der Waals surface area contributed by atoms with E-state index >= 15 is 0 Å². The highest BCUT2D eigenvalue weighted by molar-refractivity contribution is 4.78. The summed E-state index contributed by atoms with van der Waals surface area (Å²) in [7, 11) is 0. The van der Waals surface area contributed by atoms with Crippen LogP contribution in [0.2, 0.25) is 0 Å². The van der Waals surface area contributed by atoms with E-state index in [9.17, 15) is 0 Å². The summed E-state index contributed by atoms with van der Waals surface area (Å²) in [4.78, 5) is 2.73. The average molecular weight is 254 g/mol. The normalized spacial score (nSPS) is 23.5. The van der Waals surface area contributed by atoms with Crippen LogP contribution >= 0.6 is 0 Å². The summed E-state index contributed by atoms with van der Waals surface area (Å²) in [5, 5.41) is 3.60. The lowest BCUT2D eigenvalue weighted by molar-refractivity contribution is 0.122. The Hall–Kier alpha value is -0.0800. The van der Waals surface area contributed by atoms with Gasteiger partial charge in [-0.25, -0.2) is 0 Å². The molecule has 1 aliphatic rings. The van der Waals surface area contributed by atoms with Crippen molar-refractivity contribution < 1.29 is 0 Å². The highest BCUT2D eigenvalue weighted by Crippen LogP contribution is 2.20. The predicted molar refractivity (Wildman–Crippen MR) is 81.0 cm³/mol. The molecule has 1 aliphatic heterocycles. The van der Waals surface area contributed by atoms with Gasteiger partial charge in [0, 0.05) is 18.6 Å². The summed E-state index contributed by atoms with van der Waals surface area (Å²) in [5.74, 6) is 0.870. The SMILES string of the molecule is CCCCCC(C)N1CCCC(CNC(C)C)C1. The molecule has 0 aromatic rings. The lowest BCUT2D eigenvalue weighted by atomic mass is 9.95. The molecule has 18 heavy (non-hydrogen) atoms. The van der Waals surface area contributed by atoms with Gasteiger partial charge in [0.05, 0.1) is 0 Å². The van der Waals surface area contributed by atoms with Gasteiger partial charge in [-0.05, 0) is 45.2 Å². The second kappa shape index (κ2) is 8.92. The summed E-state index contributed by atoms with van der Waals surface area (Å²) >= 11 is 0. The Kier molecular flexibility index (Phi) is 7.92. The van der Waals surface area contributed by atoms with Gasteiger partial charge in [-0.1, -0.05) is 40.0 Å². The van der Waals surface area contributed by atoms with E-state index < -0.39 is 0 Å². The Balaban J connectivity index is 2.24. The smallest absolute Gasteiger partial charge is 0.00670 e. The average Bonchev–Trinajstić information content (AvgIpc) is 2.37. The van der Waals surface area contributed by atoms with Crippen LogP contribution in [-0.4, -0.2) is 36.6 Å². The van der Waals surface area contributed by atoms with E-state index in [1.807, 2.05) is 0 Å². The van der Waals surface area contributed by atoms with Crippen molar-refractivity contribution in [2.75, 3.05) is 19.6 Å². The Morgan fingerprint density at radius 1 is 1.22 bits per heavy atom. The van der Waals surface area contributed by atoms with Gasteiger partial charge in [-0.15, -0.1) is 0 Å². The molecule has 2 heteroatoms. The summed E-state index contributed by atoms with van der Waals surface area (Å²) < 4.78 is 0. The molecule has 0 radical (unpaired) electrons. The molecule has 2 unspecified atom stereocenters. The van der Waals surface area contributed by atoms with Gasteiger partial charge < -0.3 is 10.2 Å². The number of piperidine rings is 1. The van der Waals surface area contributed by atoms with Crippen LogP contribution in [0.3, 0.4) is 0 Å². The Labute approximate surface area is 115 Å². The molecule has 108 valence electrons. The van der Waals surface area contributed by atoms with Crippen molar-refractivity contribution in [2.45, 2.75) is 78.3 Å². The van der Waals surface area contributed by atoms with Crippen LogP contribution in [0.15, 0.2) is 0 Å². The lowest BCUT2D eigenvalue weighted by Gasteiger charge is -2.37. The zero-order valence-electron chi connectivity index (χ0n) is 13.0. The molecule has 1 rings (SSSR count). The van der Waals surface area contributed by atoms with Gasteiger partial charge in [-0.3, -0.25) is 0 Å². The maximum absolute atomic E-state index is 3.60. The minimum atomic E-state index is 0.627. The molecule has 1 saturated heterocycles. The monoisotopic (exact) mass is 254 g/mol. The minimum Gasteiger partial charge on any atom is -0.314 e. The third kappa shape index (κ3) is 6.19. The zero-order chi connectivity index (χ0) is 13.4. The number of nitrogens with zero attached hydrogens (tertiary/aromatic N) is 1. The van der Waals surface area contributed by atoms with E-state index in [4.69, 9.17) is 0 Å². The molecule has 0 bridgehead atoms. The largest absolute Gasteiger partial charge is 0.314 e. The number of hydrogen-bond donors (Lipinski definition) is 1. The summed E-state index contributed by atoms with van der Waals surface area (Å²) in [5.41, 5.74) is 0. The first-order valence-corrected chi connectivity index (χ1v) is 8.11. The van der Waals surface area contributed by atoms with E-state index in [-0.39, 0.29) is 0 Å². The van der Waals surface area contributed by atoms with Gasteiger partial charge in [0.15, 0.2) is 0 Å². The minimum absolute atomic E-state index is 0.627. The van der Waals surface area contributed by atoms with E-state index in [2.05, 4.69) is 37.9 Å². The number of likely N-dealkylation sites (tertiary alicyclic amines) is 1. The summed E-state index contributed by atoms with van der Waals surface area (Å²) in [6.45, 7) is 13.0. The Bertz CT molecular complexity index is 203. The predicted octanol–water partition coefficient (Wildman–Crippen LogP) is 3.67. The van der Waals surface area contributed by atoms with Gasteiger partial charge in [0.2, 0.25) is 0 Å². The van der Waals surface area contributed by atoms with Crippen LogP contribution in [0.5, 0.6) is 0 Å². The van der Waals surface area contributed by atoms with E-state index in [0.29, 0.717) is 6.04 Å². The van der Waals surface area contributed by atoms with E-state index in [0.717, 1.165) is 12.0 Å². The molecular weight excluding hydrogens is 220 g/mol. The maximum Gasteiger partial charge on any atom is 0.00670 e. The van der Waals surface area contributed by atoms with Crippen LogP contribution in [-0.2, 0) is 0 Å². The number of rotatable bonds is 8. The molecule has 1 N–H and O–H groups in total. The molecule has 0 spiro atoms. The summed E-state index contributed by atoms with van der Waals surface area (Å²) in [6.07, 6.45) is 8.34. The highest BCUT2D eigenvalue weighted by atomic mass is 15.2. The van der Waals surface area contributed by atoms with Gasteiger partial charge in [0.25, 0.3) is 0 Å². The zero-order valence-corrected chi connectivity index (χ0v) is 13.0. The van der Waals surface area contributed by atoms with Gasteiger partial charge in [-0.2, -0.15) is 0 Å². The third-order valence-electron chi connectivity index (χ3n) is 4.21. The number of hydrogen-bond acceptors (Lipinski definition) is 2. The fourth-order valence-corrected chi connectivity index (χ4v) is 2.94. The number of unbranched alkanes of at least 4 members (excludes halogenated alkanes) is 2. The van der Waals surface area contributed by atoms with Crippen molar-refractivity contribution in [3.8, 4) is 0 Å². The van der Waals surface area contributed by atoms with Crippen molar-refractivity contribution >= 4 is 0 Å². The number of nitrogens with one attached hydrogen (secondary N) is 1. The summed E-state index contributed by atoms with van der Waals surface area (Å²) in [6, 6.07) is 1.42. The molecular formula is C16H34N2. The van der Waals surface area contributed by atoms with Crippen molar-refractivity contribution in [1.82, 2.24) is 10.2 Å². The van der Waals surface area contributed by atoms with Crippen LogP contribution < -0.4 is 5.32 Å². The van der Waals surface area contributed by atoms with Crippen molar-refractivity contribution in [3.63, 3.8) is 0 Å². The standard InChI is InChI=1S/C16H34N2/c1-5-6-7-9-15(4)18-11-8-10-16(13-18)12-17-14(2)3/h14-17H,5-13H2,1-4H3. The fraction of sp³-hybridized carbons (Fsp3) is 1.00. The van der Waals surface area contributed by atoms with E-state index in [1.54, 1.807) is 0 Å². The topological polar surface area (TPSA) is 15.3 Å². The quantitative estimate of drug-likeness (QED) is 0.665. The molecule has 0 aromatic heterocycles. The molecule has 0 saturated carbocycles. The third-order valence-corrected chi connectivity index (χ3v) is 4.21. The molecule has 1 fully saturated rings. The van der Waals surface area contributed by atoms with Crippen molar-refractivity contribution in [3.05, 3.63) is 0 Å². The van der Waals surface area contributed by atoms with Crippen LogP contribution in [0.4, 0.5) is 0 Å². The fourth-order valence-electron chi connectivity index (χ4n) is 2.94. The molecule has 0 aliphatic carbocycles. The Morgan fingerprint density at radius 3 is 2.67 bits per heavy atom. The second-order valence-electron chi connectivity index (χ2n) is 6.41. The first-order chi connectivity index (χ1) is 8.63. The highest BCUT2D eigenvalue weighted by Gasteiger charge is 2.23. The van der Waals surface area contributed by atoms with Gasteiger partial charge >= 0.3 is 0 Å². The van der Waals surface area contributed by atoms with E-state index in [1.165, 1.54) is 58.2 Å². The molecule has 0 amide bonds. The molecule has 1 heterocycles. The molecule has 2 nitrogen and oxygen atoms in total. The second-order valence-corrected chi connectivity index (χ2v) is 6.41. The van der Waals surface area contributed by atoms with Crippen LogP contribution in [0, 0.1) is 5.92 Å². The maximum atomic E-state index is 3.60.